The van der Waals surface area contributed by atoms with Gasteiger partial charge in [-0.25, -0.2) is 4.98 Å². The molecule has 0 unspecified atom stereocenters. The minimum atomic E-state index is -0.0803. The maximum absolute atomic E-state index is 12.5. The first-order valence-corrected chi connectivity index (χ1v) is 7.38. The van der Waals surface area contributed by atoms with Crippen LogP contribution in [-0.4, -0.2) is 60.5 Å². The fourth-order valence-electron chi connectivity index (χ4n) is 2.10. The van der Waals surface area contributed by atoms with Gasteiger partial charge in [0, 0.05) is 32.7 Å². The number of halogens is 1. The average Bonchev–Trinajstić information content (AvgIpc) is 2.46. The van der Waals surface area contributed by atoms with Crippen molar-refractivity contribution in [3.05, 3.63) is 22.8 Å². The van der Waals surface area contributed by atoms with E-state index in [1.165, 1.54) is 0 Å². The molecule has 1 aliphatic rings. The summed E-state index contributed by atoms with van der Waals surface area (Å²) in [4.78, 5) is 20.9. The summed E-state index contributed by atoms with van der Waals surface area (Å²) in [5.41, 5.74) is 0.345. The van der Waals surface area contributed by atoms with E-state index < -0.39 is 0 Å². The molecule has 5 nitrogen and oxygen atoms in total. The lowest BCUT2D eigenvalue weighted by molar-refractivity contribution is 0.0658. The van der Waals surface area contributed by atoms with E-state index in [1.54, 1.807) is 12.1 Å². The van der Waals surface area contributed by atoms with Gasteiger partial charge in [-0.3, -0.25) is 4.79 Å². The number of carbonyl (C=O) groups is 1. The third-order valence-electron chi connectivity index (χ3n) is 3.40. The number of nitrogens with one attached hydrogen (secondary N) is 1. The molecule has 1 aromatic rings. The summed E-state index contributed by atoms with van der Waals surface area (Å²) in [6.45, 7) is 6.13. The molecule has 0 atom stereocenters. The third-order valence-corrected chi connectivity index (χ3v) is 3.70. The molecule has 110 valence electrons. The summed E-state index contributed by atoms with van der Waals surface area (Å²) in [7, 11) is 2.06. The number of pyridine rings is 1. The Bertz CT molecular complexity index is 472. The molecule has 1 N–H and O–H groups in total. The molecule has 0 aromatic carbocycles. The number of rotatable bonds is 4. The van der Waals surface area contributed by atoms with Gasteiger partial charge in [0.2, 0.25) is 0 Å². The number of piperazine rings is 1. The second kappa shape index (κ2) is 6.90. The van der Waals surface area contributed by atoms with Crippen molar-refractivity contribution >= 4 is 23.3 Å². The van der Waals surface area contributed by atoms with Crippen LogP contribution < -0.4 is 5.32 Å². The van der Waals surface area contributed by atoms with Crippen molar-refractivity contribution in [3.8, 4) is 0 Å². The SMILES string of the molecule is CCCNc1ccc(Cl)c(C(=O)N2CCN(C)CC2)n1. The molecule has 20 heavy (non-hydrogen) atoms. The van der Waals surface area contributed by atoms with Crippen molar-refractivity contribution in [2.45, 2.75) is 13.3 Å². The number of likely N-dealkylation sites (N-methyl/N-ethyl adjacent to an activating group) is 1. The van der Waals surface area contributed by atoms with Crippen LogP contribution in [0.1, 0.15) is 23.8 Å². The van der Waals surface area contributed by atoms with E-state index in [0.29, 0.717) is 16.5 Å². The van der Waals surface area contributed by atoms with Crippen molar-refractivity contribution in [1.29, 1.82) is 0 Å². The van der Waals surface area contributed by atoms with E-state index in [1.807, 2.05) is 4.90 Å². The quantitative estimate of drug-likeness (QED) is 0.922. The van der Waals surface area contributed by atoms with Gasteiger partial charge in [-0.2, -0.15) is 0 Å². The molecule has 2 heterocycles. The molecule has 1 aliphatic heterocycles. The van der Waals surface area contributed by atoms with E-state index in [-0.39, 0.29) is 5.91 Å². The van der Waals surface area contributed by atoms with Crippen molar-refractivity contribution in [2.24, 2.45) is 0 Å². The topological polar surface area (TPSA) is 48.5 Å². The van der Waals surface area contributed by atoms with Crippen molar-refractivity contribution in [2.75, 3.05) is 45.1 Å². The largest absolute Gasteiger partial charge is 0.370 e. The Morgan fingerprint density at radius 1 is 1.35 bits per heavy atom. The summed E-state index contributed by atoms with van der Waals surface area (Å²) in [5.74, 6) is 0.622. The fraction of sp³-hybridized carbons (Fsp3) is 0.571. The van der Waals surface area contributed by atoms with Crippen LogP contribution in [0.2, 0.25) is 5.02 Å². The molecule has 2 rings (SSSR count). The van der Waals surface area contributed by atoms with E-state index in [2.05, 4.69) is 29.2 Å². The Morgan fingerprint density at radius 2 is 2.05 bits per heavy atom. The predicted molar refractivity (Wildman–Crippen MR) is 81.4 cm³/mol. The van der Waals surface area contributed by atoms with Gasteiger partial charge >= 0.3 is 0 Å². The average molecular weight is 297 g/mol. The van der Waals surface area contributed by atoms with E-state index in [4.69, 9.17) is 11.6 Å². The fourth-order valence-corrected chi connectivity index (χ4v) is 2.29. The zero-order chi connectivity index (χ0) is 14.5. The first-order chi connectivity index (χ1) is 9.61. The number of aromatic nitrogens is 1. The lowest BCUT2D eigenvalue weighted by Gasteiger charge is -2.32. The second-order valence-corrected chi connectivity index (χ2v) is 5.46. The number of carbonyl (C=O) groups excluding carboxylic acids is 1. The second-order valence-electron chi connectivity index (χ2n) is 5.05. The van der Waals surface area contributed by atoms with Crippen LogP contribution in [0.5, 0.6) is 0 Å². The highest BCUT2D eigenvalue weighted by molar-refractivity contribution is 6.33. The van der Waals surface area contributed by atoms with Crippen molar-refractivity contribution in [1.82, 2.24) is 14.8 Å². The zero-order valence-corrected chi connectivity index (χ0v) is 12.8. The number of anilines is 1. The van der Waals surface area contributed by atoms with Crippen LogP contribution >= 0.6 is 11.6 Å². The number of hydrogen-bond donors (Lipinski definition) is 1. The Morgan fingerprint density at radius 3 is 2.70 bits per heavy atom. The van der Waals surface area contributed by atoms with Crippen LogP contribution in [0.25, 0.3) is 0 Å². The molecule has 1 amide bonds. The molecule has 0 saturated carbocycles. The predicted octanol–water partition coefficient (Wildman–Crippen LogP) is 1.94. The molecule has 1 saturated heterocycles. The van der Waals surface area contributed by atoms with Gasteiger partial charge in [-0.1, -0.05) is 18.5 Å². The number of nitrogens with zero attached hydrogens (tertiary/aromatic N) is 3. The number of amides is 1. The van der Waals surface area contributed by atoms with E-state index >= 15 is 0 Å². The minimum absolute atomic E-state index is 0.0803. The highest BCUT2D eigenvalue weighted by atomic mass is 35.5. The molecule has 0 aliphatic carbocycles. The lowest BCUT2D eigenvalue weighted by atomic mass is 10.2. The minimum Gasteiger partial charge on any atom is -0.370 e. The Kier molecular flexibility index (Phi) is 5.20. The van der Waals surface area contributed by atoms with Crippen LogP contribution in [0.15, 0.2) is 12.1 Å². The summed E-state index contributed by atoms with van der Waals surface area (Å²) in [6, 6.07) is 3.54. The van der Waals surface area contributed by atoms with Gasteiger partial charge < -0.3 is 15.1 Å². The van der Waals surface area contributed by atoms with Crippen LogP contribution in [0, 0.1) is 0 Å². The zero-order valence-electron chi connectivity index (χ0n) is 12.0. The van der Waals surface area contributed by atoms with Crippen LogP contribution in [0.4, 0.5) is 5.82 Å². The monoisotopic (exact) mass is 296 g/mol. The lowest BCUT2D eigenvalue weighted by Crippen LogP contribution is -2.47. The van der Waals surface area contributed by atoms with Crippen LogP contribution in [0.3, 0.4) is 0 Å². The normalized spacial score (nSPS) is 16.2. The first-order valence-electron chi connectivity index (χ1n) is 7.00. The molecule has 6 heteroatoms. The summed E-state index contributed by atoms with van der Waals surface area (Å²) in [5, 5.41) is 3.59. The Labute approximate surface area is 124 Å². The third kappa shape index (κ3) is 3.61. The summed E-state index contributed by atoms with van der Waals surface area (Å²) < 4.78 is 0. The Balaban J connectivity index is 2.12. The molecule has 1 aromatic heterocycles. The van der Waals surface area contributed by atoms with Crippen molar-refractivity contribution in [3.63, 3.8) is 0 Å². The molecular formula is C14H21ClN4O. The summed E-state index contributed by atoms with van der Waals surface area (Å²) in [6.07, 6.45) is 1.01. The van der Waals surface area contributed by atoms with Crippen LogP contribution in [-0.2, 0) is 0 Å². The van der Waals surface area contributed by atoms with Gasteiger partial charge in [0.1, 0.15) is 11.5 Å². The molecule has 0 bridgehead atoms. The highest BCUT2D eigenvalue weighted by Crippen LogP contribution is 2.19. The molecule has 1 fully saturated rings. The highest BCUT2D eigenvalue weighted by Gasteiger charge is 2.23. The molecular weight excluding hydrogens is 276 g/mol. The molecule has 0 radical (unpaired) electrons. The van der Waals surface area contributed by atoms with E-state index in [0.717, 1.165) is 39.1 Å². The smallest absolute Gasteiger partial charge is 0.274 e. The standard InChI is InChI=1S/C14H21ClN4O/c1-3-6-16-12-5-4-11(15)13(17-12)14(20)19-9-7-18(2)8-10-19/h4-5H,3,6-10H2,1-2H3,(H,16,17). The maximum atomic E-state index is 12.5. The van der Waals surface area contributed by atoms with Gasteiger partial charge in [0.25, 0.3) is 5.91 Å². The van der Waals surface area contributed by atoms with Gasteiger partial charge in [-0.05, 0) is 25.6 Å². The maximum Gasteiger partial charge on any atom is 0.274 e. The van der Waals surface area contributed by atoms with Gasteiger partial charge in [0.15, 0.2) is 0 Å². The van der Waals surface area contributed by atoms with Gasteiger partial charge in [-0.15, -0.1) is 0 Å². The number of hydrogen-bond acceptors (Lipinski definition) is 4. The van der Waals surface area contributed by atoms with Crippen molar-refractivity contribution < 1.29 is 4.79 Å². The van der Waals surface area contributed by atoms with E-state index in [9.17, 15) is 4.79 Å². The Hall–Kier alpha value is -1.33. The summed E-state index contributed by atoms with van der Waals surface area (Å²) >= 11 is 6.12. The van der Waals surface area contributed by atoms with Gasteiger partial charge in [0.05, 0.1) is 5.02 Å². The first kappa shape index (κ1) is 15.1. The molecule has 0 spiro atoms.